The molecular weight excluding hydrogens is 290 g/mol. The normalized spacial score (nSPS) is 14.7. The van der Waals surface area contributed by atoms with Gasteiger partial charge in [0.05, 0.1) is 25.6 Å². The molecule has 2 N–H and O–H groups in total. The maximum absolute atomic E-state index is 6.16. The van der Waals surface area contributed by atoms with Gasteiger partial charge in [0.1, 0.15) is 11.5 Å². The molecule has 1 aliphatic heterocycles. The third-order valence-electron chi connectivity index (χ3n) is 4.29. The zero-order chi connectivity index (χ0) is 16.2. The number of ether oxygens (including phenoxy) is 2. The Morgan fingerprint density at radius 2 is 1.35 bits per heavy atom. The molecule has 0 amide bonds. The van der Waals surface area contributed by atoms with Crippen molar-refractivity contribution in [2.24, 2.45) is 0 Å². The molecule has 0 aliphatic carbocycles. The van der Waals surface area contributed by atoms with E-state index < -0.39 is 0 Å². The van der Waals surface area contributed by atoms with Gasteiger partial charge in [-0.05, 0) is 36.4 Å². The Morgan fingerprint density at radius 3 is 1.91 bits per heavy atom. The molecule has 0 radical (unpaired) electrons. The van der Waals surface area contributed by atoms with Gasteiger partial charge < -0.3 is 25.0 Å². The highest BCUT2D eigenvalue weighted by molar-refractivity contribution is 5.70. The second-order valence-electron chi connectivity index (χ2n) is 5.60. The van der Waals surface area contributed by atoms with Gasteiger partial charge >= 0.3 is 0 Å². The minimum absolute atomic E-state index is 0.766. The molecule has 2 aromatic rings. The standard InChI is InChI=1S/C18H23N3O2/c1-22-15-5-3-14(4-6-15)20-9-11-21(12-10-20)18-8-7-16(23-2)13-17(18)19/h3-8,13H,9-12,19H2,1-2H3. The number of hydrogen-bond acceptors (Lipinski definition) is 5. The van der Waals surface area contributed by atoms with Crippen LogP contribution in [0.4, 0.5) is 17.1 Å². The monoisotopic (exact) mass is 313 g/mol. The number of methoxy groups -OCH3 is 2. The zero-order valence-corrected chi connectivity index (χ0v) is 13.7. The van der Waals surface area contributed by atoms with Crippen molar-refractivity contribution in [2.45, 2.75) is 0 Å². The maximum Gasteiger partial charge on any atom is 0.121 e. The molecule has 1 saturated heterocycles. The van der Waals surface area contributed by atoms with E-state index in [0.29, 0.717) is 0 Å². The van der Waals surface area contributed by atoms with E-state index in [0.717, 1.165) is 49.1 Å². The molecule has 5 heteroatoms. The molecule has 0 bridgehead atoms. The summed E-state index contributed by atoms with van der Waals surface area (Å²) in [5.74, 6) is 1.68. The van der Waals surface area contributed by atoms with E-state index >= 15 is 0 Å². The quantitative estimate of drug-likeness (QED) is 0.879. The Hall–Kier alpha value is -2.56. The van der Waals surface area contributed by atoms with Gasteiger partial charge in [0.2, 0.25) is 0 Å². The van der Waals surface area contributed by atoms with Crippen LogP contribution in [-0.4, -0.2) is 40.4 Å². The van der Waals surface area contributed by atoms with Crippen molar-refractivity contribution in [1.29, 1.82) is 0 Å². The first-order valence-electron chi connectivity index (χ1n) is 7.78. The van der Waals surface area contributed by atoms with Crippen molar-refractivity contribution in [3.8, 4) is 11.5 Å². The van der Waals surface area contributed by atoms with Crippen LogP contribution in [0.25, 0.3) is 0 Å². The number of nitrogen functional groups attached to an aromatic ring is 1. The van der Waals surface area contributed by atoms with Crippen molar-refractivity contribution in [3.05, 3.63) is 42.5 Å². The Morgan fingerprint density at radius 1 is 0.783 bits per heavy atom. The van der Waals surface area contributed by atoms with Gasteiger partial charge in [-0.25, -0.2) is 0 Å². The predicted molar refractivity (Wildman–Crippen MR) is 94.8 cm³/mol. The van der Waals surface area contributed by atoms with E-state index in [4.69, 9.17) is 15.2 Å². The van der Waals surface area contributed by atoms with Crippen LogP contribution in [-0.2, 0) is 0 Å². The lowest BCUT2D eigenvalue weighted by Gasteiger charge is -2.37. The average Bonchev–Trinajstić information content (AvgIpc) is 2.62. The summed E-state index contributed by atoms with van der Waals surface area (Å²) in [5, 5.41) is 0. The highest BCUT2D eigenvalue weighted by atomic mass is 16.5. The van der Waals surface area contributed by atoms with Gasteiger partial charge in [0, 0.05) is 37.9 Å². The van der Waals surface area contributed by atoms with Crippen LogP contribution in [0.2, 0.25) is 0 Å². The second-order valence-corrected chi connectivity index (χ2v) is 5.60. The number of nitrogens with two attached hydrogens (primary N) is 1. The van der Waals surface area contributed by atoms with Crippen LogP contribution < -0.4 is 25.0 Å². The number of benzene rings is 2. The Bertz CT molecular complexity index is 650. The molecule has 2 aromatic carbocycles. The summed E-state index contributed by atoms with van der Waals surface area (Å²) in [6.07, 6.45) is 0. The first-order valence-corrected chi connectivity index (χ1v) is 7.78. The SMILES string of the molecule is COc1ccc(N2CCN(c3ccc(OC)cc3N)CC2)cc1. The first kappa shape index (κ1) is 15.3. The highest BCUT2D eigenvalue weighted by Crippen LogP contribution is 2.29. The van der Waals surface area contributed by atoms with E-state index in [2.05, 4.69) is 21.9 Å². The Kier molecular flexibility index (Phi) is 4.46. The van der Waals surface area contributed by atoms with Crippen LogP contribution in [0.5, 0.6) is 11.5 Å². The summed E-state index contributed by atoms with van der Waals surface area (Å²) in [5.41, 5.74) is 9.24. The topological polar surface area (TPSA) is 51.0 Å². The molecule has 1 fully saturated rings. The summed E-state index contributed by atoms with van der Waals surface area (Å²) < 4.78 is 10.4. The van der Waals surface area contributed by atoms with Crippen molar-refractivity contribution in [1.82, 2.24) is 0 Å². The molecule has 1 heterocycles. The van der Waals surface area contributed by atoms with Gasteiger partial charge in [0.15, 0.2) is 0 Å². The van der Waals surface area contributed by atoms with Crippen molar-refractivity contribution in [2.75, 3.05) is 55.9 Å². The predicted octanol–water partition coefficient (Wildman–Crippen LogP) is 2.61. The minimum Gasteiger partial charge on any atom is -0.497 e. The maximum atomic E-state index is 6.16. The van der Waals surface area contributed by atoms with E-state index in [1.54, 1.807) is 14.2 Å². The van der Waals surface area contributed by atoms with E-state index in [-0.39, 0.29) is 0 Å². The minimum atomic E-state index is 0.766. The van der Waals surface area contributed by atoms with Gasteiger partial charge in [-0.1, -0.05) is 0 Å². The van der Waals surface area contributed by atoms with Crippen molar-refractivity contribution >= 4 is 17.1 Å². The van der Waals surface area contributed by atoms with E-state index in [1.807, 2.05) is 30.3 Å². The molecule has 0 spiro atoms. The van der Waals surface area contributed by atoms with Crippen LogP contribution in [0.15, 0.2) is 42.5 Å². The third-order valence-corrected chi connectivity index (χ3v) is 4.29. The van der Waals surface area contributed by atoms with E-state index in [1.165, 1.54) is 5.69 Å². The second kappa shape index (κ2) is 6.69. The molecule has 0 aromatic heterocycles. The summed E-state index contributed by atoms with van der Waals surface area (Å²) in [6, 6.07) is 14.1. The molecule has 0 unspecified atom stereocenters. The Balaban J connectivity index is 1.65. The molecule has 1 aliphatic rings. The number of rotatable bonds is 4. The summed E-state index contributed by atoms with van der Waals surface area (Å²) >= 11 is 0. The van der Waals surface area contributed by atoms with Crippen molar-refractivity contribution in [3.63, 3.8) is 0 Å². The average molecular weight is 313 g/mol. The number of hydrogen-bond donors (Lipinski definition) is 1. The lowest BCUT2D eigenvalue weighted by atomic mass is 10.2. The molecule has 0 saturated carbocycles. The van der Waals surface area contributed by atoms with Crippen LogP contribution in [0.1, 0.15) is 0 Å². The molecule has 122 valence electrons. The first-order chi connectivity index (χ1) is 11.2. The van der Waals surface area contributed by atoms with Crippen LogP contribution in [0, 0.1) is 0 Å². The third kappa shape index (κ3) is 3.28. The fourth-order valence-electron chi connectivity index (χ4n) is 2.95. The molecule has 0 atom stereocenters. The lowest BCUT2D eigenvalue weighted by molar-refractivity contribution is 0.414. The Labute approximate surface area is 137 Å². The number of piperazine rings is 1. The lowest BCUT2D eigenvalue weighted by Crippen LogP contribution is -2.46. The number of nitrogens with zero attached hydrogens (tertiary/aromatic N) is 2. The summed E-state index contributed by atoms with van der Waals surface area (Å²) in [6.45, 7) is 3.83. The molecule has 3 rings (SSSR count). The smallest absolute Gasteiger partial charge is 0.121 e. The van der Waals surface area contributed by atoms with E-state index in [9.17, 15) is 0 Å². The zero-order valence-electron chi connectivity index (χ0n) is 13.7. The summed E-state index contributed by atoms with van der Waals surface area (Å²) in [7, 11) is 3.34. The highest BCUT2D eigenvalue weighted by Gasteiger charge is 2.19. The van der Waals surface area contributed by atoms with Crippen LogP contribution >= 0.6 is 0 Å². The molecule has 5 nitrogen and oxygen atoms in total. The van der Waals surface area contributed by atoms with Gasteiger partial charge in [-0.2, -0.15) is 0 Å². The largest absolute Gasteiger partial charge is 0.497 e. The fraction of sp³-hybridized carbons (Fsp3) is 0.333. The fourth-order valence-corrected chi connectivity index (χ4v) is 2.95. The van der Waals surface area contributed by atoms with Gasteiger partial charge in [0.25, 0.3) is 0 Å². The molecule has 23 heavy (non-hydrogen) atoms. The molecular formula is C18H23N3O2. The number of anilines is 3. The van der Waals surface area contributed by atoms with Crippen molar-refractivity contribution < 1.29 is 9.47 Å². The van der Waals surface area contributed by atoms with Crippen LogP contribution in [0.3, 0.4) is 0 Å². The summed E-state index contributed by atoms with van der Waals surface area (Å²) in [4.78, 5) is 4.71. The van der Waals surface area contributed by atoms with Gasteiger partial charge in [-0.3, -0.25) is 0 Å². The van der Waals surface area contributed by atoms with Gasteiger partial charge in [-0.15, -0.1) is 0 Å².